The number of quaternary nitrogens is 1. The lowest BCUT2D eigenvalue weighted by atomic mass is 9.19. The molecule has 7 aromatic rings. The number of benzene rings is 7. The van der Waals surface area contributed by atoms with Crippen molar-refractivity contribution in [3.8, 4) is 33.4 Å². The van der Waals surface area contributed by atoms with Gasteiger partial charge in [0, 0.05) is 19.7 Å². The first-order valence-corrected chi connectivity index (χ1v) is 16.8. The van der Waals surface area contributed by atoms with E-state index in [0.717, 1.165) is 0 Å². The predicted molar refractivity (Wildman–Crippen MR) is 209 cm³/mol. The summed E-state index contributed by atoms with van der Waals surface area (Å²) in [7, 11) is 4.81. The molecule has 0 radical (unpaired) electrons. The Bertz CT molecular complexity index is 2120. The monoisotopic (exact) mass is 615 g/mol. The topological polar surface area (TPSA) is 0 Å². The smallest absolute Gasteiger partial charge is 0.295 e. The zero-order valence-corrected chi connectivity index (χ0v) is 27.5. The van der Waals surface area contributed by atoms with Crippen molar-refractivity contribution < 1.29 is 0 Å². The number of fused-ring (bicyclic) bond motifs is 1. The van der Waals surface area contributed by atoms with Gasteiger partial charge >= 0.3 is 0 Å². The minimum Gasteiger partial charge on any atom is -0.474 e. The van der Waals surface area contributed by atoms with Gasteiger partial charge < -0.3 is 4.39 Å². The Balaban J connectivity index is 1.38. The maximum Gasteiger partial charge on any atom is 0.295 e. The number of rotatable bonds is 6. The molecule has 0 aromatic heterocycles. The van der Waals surface area contributed by atoms with Crippen LogP contribution >= 0.6 is 0 Å². The van der Waals surface area contributed by atoms with Crippen LogP contribution < -0.4 is 15.3 Å². The SMILES string of the molecule is C[N+]1(C)c2ccccc2C=C(c2ccc(-c3ccccc3)cc2)[B-]1(c1ccc(-c2ccccc2)cc1)c1ccc(-c2ccccc2)cc1. The molecule has 48 heavy (non-hydrogen) atoms. The van der Waals surface area contributed by atoms with Crippen LogP contribution in [-0.2, 0) is 0 Å². The molecule has 1 aliphatic rings. The standard InChI is InChI=1S/C46H38BN/c1-48(2)46-21-13-12-20-42(46)34-45(41-24-22-38(23-25-41)35-14-6-3-7-15-35)47(48,43-30-26-39(27-31-43)36-16-8-4-9-17-36)44-32-28-40(29-33-44)37-18-10-5-11-19-37/h3-34H,1-2H3. The highest BCUT2D eigenvalue weighted by molar-refractivity contribution is 7.16. The van der Waals surface area contributed by atoms with E-state index in [0.29, 0.717) is 4.39 Å². The van der Waals surface area contributed by atoms with E-state index in [9.17, 15) is 0 Å². The van der Waals surface area contributed by atoms with Crippen LogP contribution in [0.3, 0.4) is 0 Å². The predicted octanol–water partition coefficient (Wildman–Crippen LogP) is 10.1. The van der Waals surface area contributed by atoms with E-state index < -0.39 is 6.28 Å². The van der Waals surface area contributed by atoms with Crippen LogP contribution in [0.1, 0.15) is 11.1 Å². The Hall–Kier alpha value is -5.70. The van der Waals surface area contributed by atoms with Crippen LogP contribution in [0.15, 0.2) is 188 Å². The number of para-hydroxylation sites is 1. The molecule has 1 nitrogen and oxygen atoms in total. The van der Waals surface area contributed by atoms with Gasteiger partial charge in [0.25, 0.3) is 6.28 Å². The zero-order valence-electron chi connectivity index (χ0n) is 27.5. The molecule has 7 aromatic carbocycles. The molecular formula is C46H38BN. The van der Waals surface area contributed by atoms with Gasteiger partial charge in [0.2, 0.25) is 0 Å². The van der Waals surface area contributed by atoms with Crippen molar-refractivity contribution in [1.29, 1.82) is 0 Å². The fourth-order valence-electron chi connectivity index (χ4n) is 8.26. The molecule has 0 bridgehead atoms. The van der Waals surface area contributed by atoms with Crippen molar-refractivity contribution in [3.63, 3.8) is 0 Å². The molecular weight excluding hydrogens is 577 g/mol. The first kappa shape index (κ1) is 29.7. The van der Waals surface area contributed by atoms with E-state index in [1.165, 1.54) is 66.6 Å². The second-order valence-corrected chi connectivity index (χ2v) is 13.4. The largest absolute Gasteiger partial charge is 0.474 e. The summed E-state index contributed by atoms with van der Waals surface area (Å²) in [4.78, 5) is 0. The van der Waals surface area contributed by atoms with E-state index in [-0.39, 0.29) is 0 Å². The van der Waals surface area contributed by atoms with Crippen LogP contribution in [0.2, 0.25) is 0 Å². The molecule has 2 heteroatoms. The van der Waals surface area contributed by atoms with E-state index in [2.05, 4.69) is 208 Å². The van der Waals surface area contributed by atoms with Crippen molar-refractivity contribution in [2.24, 2.45) is 0 Å². The Morgan fingerprint density at radius 1 is 0.333 bits per heavy atom. The lowest BCUT2D eigenvalue weighted by Crippen LogP contribution is -2.79. The highest BCUT2D eigenvalue weighted by atomic mass is 15.3. The average Bonchev–Trinajstić information content (AvgIpc) is 3.16. The normalized spacial score (nSPS) is 14.5. The molecule has 0 amide bonds. The van der Waals surface area contributed by atoms with Gasteiger partial charge in [-0.15, -0.1) is 16.4 Å². The molecule has 0 fully saturated rings. The van der Waals surface area contributed by atoms with Crippen molar-refractivity contribution in [2.45, 2.75) is 0 Å². The van der Waals surface area contributed by atoms with Gasteiger partial charge in [0.05, 0.1) is 5.69 Å². The summed E-state index contributed by atoms with van der Waals surface area (Å²) in [5, 5.41) is 0. The van der Waals surface area contributed by atoms with E-state index >= 15 is 0 Å². The summed E-state index contributed by atoms with van der Waals surface area (Å²) in [5.74, 6) is 0. The van der Waals surface area contributed by atoms with Crippen molar-refractivity contribution in [2.75, 3.05) is 14.1 Å². The van der Waals surface area contributed by atoms with Gasteiger partial charge in [-0.3, -0.25) is 0 Å². The van der Waals surface area contributed by atoms with Gasteiger partial charge in [0.15, 0.2) is 0 Å². The van der Waals surface area contributed by atoms with Gasteiger partial charge in [0.1, 0.15) is 0 Å². The third-order valence-corrected chi connectivity index (χ3v) is 10.6. The summed E-state index contributed by atoms with van der Waals surface area (Å²) in [5.41, 5.74) is 15.2. The molecule has 0 N–H and O–H groups in total. The fraction of sp³-hybridized carbons (Fsp3) is 0.0435. The van der Waals surface area contributed by atoms with Crippen LogP contribution in [0.25, 0.3) is 44.9 Å². The van der Waals surface area contributed by atoms with E-state index in [1.54, 1.807) is 0 Å². The molecule has 8 rings (SSSR count). The summed E-state index contributed by atoms with van der Waals surface area (Å²) in [6.45, 7) is 0. The minimum absolute atomic E-state index is 0.692. The lowest BCUT2D eigenvalue weighted by Gasteiger charge is -2.60. The third-order valence-electron chi connectivity index (χ3n) is 10.6. The highest BCUT2D eigenvalue weighted by Gasteiger charge is 2.51. The summed E-state index contributed by atoms with van der Waals surface area (Å²) in [6.07, 6.45) is 0.890. The first-order valence-electron chi connectivity index (χ1n) is 16.8. The second-order valence-electron chi connectivity index (χ2n) is 13.4. The van der Waals surface area contributed by atoms with E-state index in [1.807, 2.05) is 0 Å². The molecule has 1 heterocycles. The molecule has 0 spiro atoms. The average molecular weight is 616 g/mol. The van der Waals surface area contributed by atoms with Gasteiger partial charge in [-0.1, -0.05) is 188 Å². The summed E-state index contributed by atoms with van der Waals surface area (Å²) in [6, 6.07) is 68.9. The second kappa shape index (κ2) is 12.2. The zero-order chi connectivity index (χ0) is 32.6. The van der Waals surface area contributed by atoms with Gasteiger partial charge in [-0.05, 0) is 45.5 Å². The fourth-order valence-corrected chi connectivity index (χ4v) is 8.26. The highest BCUT2D eigenvalue weighted by Crippen LogP contribution is 2.44. The summed E-state index contributed by atoms with van der Waals surface area (Å²) < 4.78 is 0.692. The Morgan fingerprint density at radius 3 is 1.10 bits per heavy atom. The Morgan fingerprint density at radius 2 is 0.667 bits per heavy atom. The molecule has 1 aliphatic heterocycles. The molecule has 0 saturated heterocycles. The van der Waals surface area contributed by atoms with Crippen molar-refractivity contribution in [3.05, 3.63) is 199 Å². The summed E-state index contributed by atoms with van der Waals surface area (Å²) >= 11 is 0. The number of hydrogen-bond acceptors (Lipinski definition) is 0. The molecule has 230 valence electrons. The first-order chi connectivity index (χ1) is 23.6. The van der Waals surface area contributed by atoms with Crippen LogP contribution in [0.5, 0.6) is 0 Å². The third kappa shape index (κ3) is 4.94. The van der Waals surface area contributed by atoms with Gasteiger partial charge in [-0.2, -0.15) is 0 Å². The van der Waals surface area contributed by atoms with Crippen LogP contribution in [-0.4, -0.2) is 20.4 Å². The van der Waals surface area contributed by atoms with Crippen LogP contribution in [0, 0.1) is 0 Å². The van der Waals surface area contributed by atoms with Crippen LogP contribution in [0.4, 0.5) is 5.69 Å². The number of nitrogens with zero attached hydrogens (tertiary/aromatic N) is 1. The van der Waals surface area contributed by atoms with Crippen molar-refractivity contribution in [1.82, 2.24) is 4.39 Å². The molecule has 0 aliphatic carbocycles. The van der Waals surface area contributed by atoms with Gasteiger partial charge in [-0.25, -0.2) is 0 Å². The molecule has 0 unspecified atom stereocenters. The lowest BCUT2D eigenvalue weighted by molar-refractivity contribution is 0.611. The Labute approximate surface area is 284 Å². The quantitative estimate of drug-likeness (QED) is 0.163. The van der Waals surface area contributed by atoms with E-state index in [4.69, 9.17) is 0 Å². The minimum atomic E-state index is -1.58. The Kier molecular flexibility index (Phi) is 7.52. The maximum atomic E-state index is 2.46. The maximum absolute atomic E-state index is 2.46. The molecule has 0 saturated carbocycles. The molecule has 0 atom stereocenters. The number of hydrogen-bond donors (Lipinski definition) is 0. The van der Waals surface area contributed by atoms with Crippen molar-refractivity contribution >= 4 is 34.4 Å².